The van der Waals surface area contributed by atoms with Crippen LogP contribution < -0.4 is 40.2 Å². The lowest BCUT2D eigenvalue weighted by Crippen LogP contribution is -2.45. The number of nitrogens with one attached hydrogen (secondary N) is 2. The Balaban J connectivity index is 0.794. The Morgan fingerprint density at radius 3 is 2.32 bits per heavy atom. The van der Waals surface area contributed by atoms with Gasteiger partial charge in [0.2, 0.25) is 11.3 Å². The number of aromatic nitrogens is 1. The Bertz CT molecular complexity index is 3260. The van der Waals surface area contributed by atoms with Crippen molar-refractivity contribution in [2.75, 3.05) is 51.3 Å². The van der Waals surface area contributed by atoms with Gasteiger partial charge in [0, 0.05) is 105 Å². The highest BCUT2D eigenvalue weighted by molar-refractivity contribution is 6.30. The first-order valence-corrected chi connectivity index (χ1v) is 25.1. The first kappa shape index (κ1) is 44.8. The quantitative estimate of drug-likeness (QED) is 0.0688. The lowest BCUT2D eigenvalue weighted by atomic mass is 9.81. The number of benzene rings is 5. The van der Waals surface area contributed by atoms with E-state index in [9.17, 15) is 19.2 Å². The van der Waals surface area contributed by atoms with E-state index in [1.165, 1.54) is 33.3 Å². The molecular weight excluding hydrogens is 886 g/mol. The van der Waals surface area contributed by atoms with Gasteiger partial charge in [-0.2, -0.15) is 0 Å². The molecule has 1 aromatic heterocycles. The molecular formula is C57H57ClN5O6+. The first-order valence-electron chi connectivity index (χ1n) is 24.8. The van der Waals surface area contributed by atoms with Crippen LogP contribution in [0.1, 0.15) is 121 Å². The van der Waals surface area contributed by atoms with Crippen LogP contribution in [0.3, 0.4) is 0 Å². The van der Waals surface area contributed by atoms with Gasteiger partial charge in [-0.05, 0) is 148 Å². The molecule has 69 heavy (non-hydrogen) atoms. The summed E-state index contributed by atoms with van der Waals surface area (Å²) in [6, 6.07) is 22.4. The monoisotopic (exact) mass is 942 g/mol. The number of anilines is 1. The first-order chi connectivity index (χ1) is 33.7. The molecule has 11 rings (SSSR count). The SMILES string of the molecule is COc1ccc2c(c1)c(CC(=O)NCCCCCNC(=O)c1ccc(C=O)c(C3=c4cc5c6c(c4Oc4c3cc3c7c4CCCN7CCC3)CCC[N+]=6CCC5)c1)c(C)n2C(=O)c1ccc(Cl)cc1. The van der Waals surface area contributed by atoms with Gasteiger partial charge in [0.1, 0.15) is 30.3 Å². The van der Waals surface area contributed by atoms with Crippen LogP contribution in [0.15, 0.2) is 72.8 Å². The molecule has 352 valence electrons. The maximum Gasteiger partial charge on any atom is 0.262 e. The number of aryl methyl sites for hydroxylation is 2. The van der Waals surface area contributed by atoms with E-state index in [1.807, 2.05) is 31.2 Å². The van der Waals surface area contributed by atoms with Crippen molar-refractivity contribution < 1.29 is 28.7 Å². The van der Waals surface area contributed by atoms with Crippen LogP contribution in [0, 0.1) is 6.92 Å². The number of hydrogen-bond donors (Lipinski definition) is 2. The maximum atomic E-state index is 14.0. The minimum absolute atomic E-state index is 0.102. The predicted octanol–water partition coefficient (Wildman–Crippen LogP) is 7.81. The third-order valence-corrected chi connectivity index (χ3v) is 15.3. The number of nitrogens with zero attached hydrogens (tertiary/aromatic N) is 3. The average molecular weight is 944 g/mol. The van der Waals surface area contributed by atoms with Crippen molar-refractivity contribution in [2.45, 2.75) is 84.0 Å². The Kier molecular flexibility index (Phi) is 12.1. The molecule has 0 unspecified atom stereocenters. The molecule has 6 heterocycles. The lowest BCUT2D eigenvalue weighted by Gasteiger charge is -2.39. The van der Waals surface area contributed by atoms with E-state index < -0.39 is 0 Å². The summed E-state index contributed by atoms with van der Waals surface area (Å²) >= 11 is 6.10. The molecule has 0 bridgehead atoms. The summed E-state index contributed by atoms with van der Waals surface area (Å²) in [6.07, 6.45) is 11.5. The van der Waals surface area contributed by atoms with Gasteiger partial charge in [0.05, 0.1) is 24.6 Å². The fourth-order valence-electron chi connectivity index (χ4n) is 11.8. The molecule has 0 spiro atoms. The topological polar surface area (TPSA) is 122 Å². The summed E-state index contributed by atoms with van der Waals surface area (Å²) in [5.74, 6) is 1.93. The van der Waals surface area contributed by atoms with Crippen LogP contribution in [-0.4, -0.2) is 75.0 Å². The highest BCUT2D eigenvalue weighted by atomic mass is 35.5. The van der Waals surface area contributed by atoms with Crippen molar-refractivity contribution in [2.24, 2.45) is 0 Å². The molecule has 2 N–H and O–H groups in total. The van der Waals surface area contributed by atoms with Gasteiger partial charge in [-0.1, -0.05) is 17.7 Å². The van der Waals surface area contributed by atoms with Crippen molar-refractivity contribution in [3.63, 3.8) is 0 Å². The standard InChI is InChI=1S/C57H56ClN5O6/c1-34-44(46-31-41(68-2)20-21-49(46)63(34)57(67)35-16-18-40(58)19-17-35)32-50(65)59-22-4-3-5-23-60-56(66)38-14-15-39(33-64)45(30-38)51-47-28-36-10-6-24-61-26-8-12-42(52(36)61)54(47)69-55-43-13-9-27-62-25-7-11-37(53(43)62)29-48(51)55/h14-21,28-31,33H,3-13,22-27,32H2,1-2H3,(H-,59,60,65,66)/p+1. The summed E-state index contributed by atoms with van der Waals surface area (Å²) in [5, 5.41) is 9.89. The Hall–Kier alpha value is -6.72. The summed E-state index contributed by atoms with van der Waals surface area (Å²) in [5.41, 5.74) is 13.1. The van der Waals surface area contributed by atoms with E-state index >= 15 is 0 Å². The van der Waals surface area contributed by atoms with E-state index in [4.69, 9.17) is 21.1 Å². The lowest BCUT2D eigenvalue weighted by molar-refractivity contribution is -0.120. The molecule has 5 aliphatic rings. The van der Waals surface area contributed by atoms with Gasteiger partial charge in [0.25, 0.3) is 11.8 Å². The van der Waals surface area contributed by atoms with Crippen molar-refractivity contribution in [3.05, 3.63) is 150 Å². The van der Waals surface area contributed by atoms with E-state index in [-0.39, 0.29) is 24.1 Å². The number of methoxy groups -OCH3 is 1. The summed E-state index contributed by atoms with van der Waals surface area (Å²) in [4.78, 5) is 56.6. The molecule has 12 heteroatoms. The van der Waals surface area contributed by atoms with Crippen LogP contribution in [-0.2, 0) is 36.9 Å². The van der Waals surface area contributed by atoms with Gasteiger partial charge in [-0.3, -0.25) is 23.7 Å². The zero-order chi connectivity index (χ0) is 47.3. The van der Waals surface area contributed by atoms with Crippen molar-refractivity contribution in [3.8, 4) is 17.2 Å². The second kappa shape index (κ2) is 18.6. The molecule has 0 radical (unpaired) electrons. The normalized spacial score (nSPS) is 15.4. The highest BCUT2D eigenvalue weighted by Crippen LogP contribution is 2.49. The van der Waals surface area contributed by atoms with E-state index in [0.717, 1.165) is 147 Å². The van der Waals surface area contributed by atoms with E-state index in [2.05, 4.69) is 32.2 Å². The van der Waals surface area contributed by atoms with Crippen molar-refractivity contribution >= 4 is 57.8 Å². The van der Waals surface area contributed by atoms with Crippen molar-refractivity contribution in [1.82, 2.24) is 19.8 Å². The largest absolute Gasteiger partial charge is 0.497 e. The molecule has 0 aliphatic carbocycles. The van der Waals surface area contributed by atoms with Gasteiger partial charge < -0.3 is 25.0 Å². The number of carbonyl (C=O) groups is 4. The minimum Gasteiger partial charge on any atom is -0.497 e. The molecule has 2 amide bonds. The van der Waals surface area contributed by atoms with Gasteiger partial charge >= 0.3 is 0 Å². The molecule has 5 aromatic carbocycles. The zero-order valence-electron chi connectivity index (χ0n) is 39.4. The Morgan fingerprint density at radius 2 is 1.52 bits per heavy atom. The summed E-state index contributed by atoms with van der Waals surface area (Å²) in [7, 11) is 1.59. The minimum atomic E-state index is -0.205. The van der Waals surface area contributed by atoms with E-state index in [1.54, 1.807) is 48.1 Å². The molecule has 0 atom stereocenters. The fraction of sp³-hybridized carbons (Fsp3) is 0.351. The van der Waals surface area contributed by atoms with Crippen LogP contribution in [0.25, 0.3) is 16.5 Å². The average Bonchev–Trinajstić information content (AvgIpc) is 3.64. The number of amides is 2. The fourth-order valence-corrected chi connectivity index (χ4v) is 11.9. The maximum absolute atomic E-state index is 14.0. The van der Waals surface area contributed by atoms with Gasteiger partial charge in [-0.15, -0.1) is 0 Å². The third-order valence-electron chi connectivity index (χ3n) is 15.0. The number of halogens is 1. The summed E-state index contributed by atoms with van der Waals surface area (Å²) in [6.45, 7) is 7.05. The number of rotatable bonds is 13. The second-order valence-corrected chi connectivity index (χ2v) is 19.6. The molecule has 11 nitrogen and oxygen atoms in total. The van der Waals surface area contributed by atoms with Crippen LogP contribution in [0.4, 0.5) is 5.69 Å². The molecule has 6 aromatic rings. The van der Waals surface area contributed by atoms with Gasteiger partial charge in [0.15, 0.2) is 6.29 Å². The molecule has 0 saturated heterocycles. The second-order valence-electron chi connectivity index (χ2n) is 19.2. The van der Waals surface area contributed by atoms with Crippen LogP contribution in [0.5, 0.6) is 17.2 Å². The number of ether oxygens (including phenoxy) is 2. The predicted molar refractivity (Wildman–Crippen MR) is 269 cm³/mol. The summed E-state index contributed by atoms with van der Waals surface area (Å²) < 4.78 is 16.9. The number of unbranched alkanes of at least 4 members (excludes halogenated alkanes) is 2. The number of hydrogen-bond acceptors (Lipinski definition) is 7. The molecule has 5 aliphatic heterocycles. The molecule has 0 fully saturated rings. The van der Waals surface area contributed by atoms with Crippen LogP contribution >= 0.6 is 11.6 Å². The Morgan fingerprint density at radius 1 is 0.783 bits per heavy atom. The highest BCUT2D eigenvalue weighted by Gasteiger charge is 2.36. The van der Waals surface area contributed by atoms with Crippen LogP contribution in [0.2, 0.25) is 5.02 Å². The number of fused-ring (bicyclic) bond motifs is 5. The smallest absolute Gasteiger partial charge is 0.262 e. The zero-order valence-corrected chi connectivity index (χ0v) is 40.2. The number of aldehydes is 1. The Labute approximate surface area is 406 Å². The molecule has 0 saturated carbocycles. The third kappa shape index (κ3) is 8.08. The van der Waals surface area contributed by atoms with E-state index in [0.29, 0.717) is 51.8 Å². The van der Waals surface area contributed by atoms with Gasteiger partial charge in [-0.25, -0.2) is 4.58 Å². The van der Waals surface area contributed by atoms with Crippen molar-refractivity contribution in [1.29, 1.82) is 0 Å². The number of carbonyl (C=O) groups excluding carboxylic acids is 4.